The Bertz CT molecular complexity index is 621. The molecule has 1 N–H and O–H groups in total. The van der Waals surface area contributed by atoms with Crippen molar-refractivity contribution >= 4 is 11.6 Å². The summed E-state index contributed by atoms with van der Waals surface area (Å²) >= 11 is 6.01. The Labute approximate surface area is 157 Å². The predicted octanol–water partition coefficient (Wildman–Crippen LogP) is 4.77. The summed E-state index contributed by atoms with van der Waals surface area (Å²) in [6, 6.07) is 19.0. The first-order valence-corrected chi connectivity index (χ1v) is 9.89. The van der Waals surface area contributed by atoms with Gasteiger partial charge in [0.1, 0.15) is 0 Å². The quantitative estimate of drug-likeness (QED) is 0.685. The van der Waals surface area contributed by atoms with Gasteiger partial charge in [0.2, 0.25) is 0 Å². The highest BCUT2D eigenvalue weighted by Crippen LogP contribution is 2.21. The van der Waals surface area contributed by atoms with Crippen molar-refractivity contribution in [2.75, 3.05) is 26.2 Å². The smallest absolute Gasteiger partial charge is 0.0409 e. The van der Waals surface area contributed by atoms with Crippen LogP contribution < -0.4 is 5.32 Å². The van der Waals surface area contributed by atoms with E-state index in [4.69, 9.17) is 11.6 Å². The van der Waals surface area contributed by atoms with E-state index >= 15 is 0 Å². The maximum atomic E-state index is 6.01. The summed E-state index contributed by atoms with van der Waals surface area (Å²) in [4.78, 5) is 2.63. The van der Waals surface area contributed by atoms with Crippen molar-refractivity contribution in [1.29, 1.82) is 0 Å². The number of rotatable bonds is 8. The molecule has 1 saturated heterocycles. The molecule has 0 saturated carbocycles. The van der Waals surface area contributed by atoms with Gasteiger partial charge in [0.05, 0.1) is 0 Å². The van der Waals surface area contributed by atoms with Crippen molar-refractivity contribution in [1.82, 2.24) is 10.2 Å². The second-order valence-electron chi connectivity index (χ2n) is 7.13. The average Bonchev–Trinajstić information content (AvgIpc) is 2.64. The minimum Gasteiger partial charge on any atom is -0.313 e. The minimum atomic E-state index is 0.817. The van der Waals surface area contributed by atoms with Crippen molar-refractivity contribution in [2.45, 2.75) is 32.2 Å². The fourth-order valence-corrected chi connectivity index (χ4v) is 3.88. The number of benzene rings is 2. The molecule has 0 aromatic heterocycles. The zero-order chi connectivity index (χ0) is 17.3. The van der Waals surface area contributed by atoms with E-state index in [1.54, 1.807) is 0 Å². The van der Waals surface area contributed by atoms with Gasteiger partial charge in [0, 0.05) is 11.6 Å². The first-order valence-electron chi connectivity index (χ1n) is 9.51. The molecule has 3 heteroatoms. The maximum Gasteiger partial charge on any atom is 0.0409 e. The van der Waals surface area contributed by atoms with Crippen molar-refractivity contribution in [3.05, 3.63) is 70.7 Å². The summed E-state index contributed by atoms with van der Waals surface area (Å²) in [6.45, 7) is 5.69. The number of piperidine rings is 1. The first kappa shape index (κ1) is 18.4. The lowest BCUT2D eigenvalue weighted by Gasteiger charge is -2.32. The van der Waals surface area contributed by atoms with E-state index in [0.29, 0.717) is 0 Å². The Morgan fingerprint density at radius 3 is 2.48 bits per heavy atom. The van der Waals surface area contributed by atoms with Gasteiger partial charge < -0.3 is 10.2 Å². The lowest BCUT2D eigenvalue weighted by molar-refractivity contribution is 0.182. The van der Waals surface area contributed by atoms with Crippen molar-refractivity contribution in [3.8, 4) is 0 Å². The maximum absolute atomic E-state index is 6.01. The third-order valence-corrected chi connectivity index (χ3v) is 5.36. The van der Waals surface area contributed by atoms with E-state index < -0.39 is 0 Å². The molecule has 3 rings (SSSR count). The summed E-state index contributed by atoms with van der Waals surface area (Å²) < 4.78 is 0. The lowest BCUT2D eigenvalue weighted by atomic mass is 9.90. The van der Waals surface area contributed by atoms with Gasteiger partial charge in [-0.3, -0.25) is 0 Å². The van der Waals surface area contributed by atoms with Gasteiger partial charge in [-0.1, -0.05) is 54.1 Å². The third-order valence-electron chi connectivity index (χ3n) is 5.12. The molecule has 0 atom stereocenters. The molecule has 2 nitrogen and oxygen atoms in total. The Kier molecular flexibility index (Phi) is 7.35. The molecule has 2 aromatic rings. The monoisotopic (exact) mass is 356 g/mol. The molecule has 0 amide bonds. The van der Waals surface area contributed by atoms with E-state index in [0.717, 1.165) is 24.0 Å². The van der Waals surface area contributed by atoms with Gasteiger partial charge in [-0.05, 0) is 81.0 Å². The van der Waals surface area contributed by atoms with Gasteiger partial charge in [0.25, 0.3) is 0 Å². The molecule has 134 valence electrons. The van der Waals surface area contributed by atoms with Crippen LogP contribution in [0.4, 0.5) is 0 Å². The molecule has 2 aromatic carbocycles. The van der Waals surface area contributed by atoms with E-state index in [1.165, 1.54) is 56.4 Å². The SMILES string of the molecule is Clc1cccc(CNCCCN2CCC(Cc3ccccc3)CC2)c1. The first-order chi connectivity index (χ1) is 12.3. The Balaban J connectivity index is 1.27. The second kappa shape index (κ2) is 9.96. The molecule has 0 radical (unpaired) electrons. The van der Waals surface area contributed by atoms with E-state index in [2.05, 4.69) is 46.6 Å². The molecule has 25 heavy (non-hydrogen) atoms. The number of nitrogens with one attached hydrogen (secondary N) is 1. The number of halogens is 1. The van der Waals surface area contributed by atoms with Crippen LogP contribution in [0, 0.1) is 5.92 Å². The van der Waals surface area contributed by atoms with Gasteiger partial charge in [0.15, 0.2) is 0 Å². The van der Waals surface area contributed by atoms with Crippen LogP contribution in [0.2, 0.25) is 5.02 Å². The Morgan fingerprint density at radius 1 is 0.960 bits per heavy atom. The van der Waals surface area contributed by atoms with E-state index in [-0.39, 0.29) is 0 Å². The minimum absolute atomic E-state index is 0.817. The second-order valence-corrected chi connectivity index (χ2v) is 7.57. The van der Waals surface area contributed by atoms with Crippen LogP contribution in [0.3, 0.4) is 0 Å². The Hall–Kier alpha value is -1.35. The average molecular weight is 357 g/mol. The van der Waals surface area contributed by atoms with Gasteiger partial charge in [-0.25, -0.2) is 0 Å². The number of likely N-dealkylation sites (tertiary alicyclic amines) is 1. The normalized spacial score (nSPS) is 16.2. The molecule has 1 aliphatic heterocycles. The van der Waals surface area contributed by atoms with E-state index in [1.807, 2.05) is 18.2 Å². The van der Waals surface area contributed by atoms with Crippen molar-refractivity contribution in [3.63, 3.8) is 0 Å². The van der Waals surface area contributed by atoms with Gasteiger partial charge in [-0.15, -0.1) is 0 Å². The molecule has 0 bridgehead atoms. The Morgan fingerprint density at radius 2 is 1.72 bits per heavy atom. The molecule has 0 aliphatic carbocycles. The van der Waals surface area contributed by atoms with Crippen LogP contribution in [0.1, 0.15) is 30.4 Å². The summed E-state index contributed by atoms with van der Waals surface area (Å²) in [5.74, 6) is 0.861. The fourth-order valence-electron chi connectivity index (χ4n) is 3.67. The standard InChI is InChI=1S/C22H29ClN2/c23-22-9-4-8-21(17-22)18-24-12-5-13-25-14-10-20(11-15-25)16-19-6-2-1-3-7-19/h1-4,6-9,17,20,24H,5,10-16,18H2. The van der Waals surface area contributed by atoms with Crippen LogP contribution in [0.25, 0.3) is 0 Å². The fraction of sp³-hybridized carbons (Fsp3) is 0.455. The highest BCUT2D eigenvalue weighted by Gasteiger charge is 2.18. The lowest BCUT2D eigenvalue weighted by Crippen LogP contribution is -2.36. The van der Waals surface area contributed by atoms with Crippen LogP contribution >= 0.6 is 11.6 Å². The van der Waals surface area contributed by atoms with Crippen LogP contribution in [-0.4, -0.2) is 31.1 Å². The summed E-state index contributed by atoms with van der Waals surface area (Å²) in [7, 11) is 0. The van der Waals surface area contributed by atoms with Crippen molar-refractivity contribution in [2.24, 2.45) is 5.92 Å². The topological polar surface area (TPSA) is 15.3 Å². The van der Waals surface area contributed by atoms with Crippen LogP contribution in [0.5, 0.6) is 0 Å². The summed E-state index contributed by atoms with van der Waals surface area (Å²) in [6.07, 6.45) is 5.13. The molecular weight excluding hydrogens is 328 g/mol. The van der Waals surface area contributed by atoms with Crippen LogP contribution in [0.15, 0.2) is 54.6 Å². The van der Waals surface area contributed by atoms with Gasteiger partial charge in [-0.2, -0.15) is 0 Å². The molecule has 1 fully saturated rings. The predicted molar refractivity (Wildman–Crippen MR) is 107 cm³/mol. The van der Waals surface area contributed by atoms with Crippen LogP contribution in [-0.2, 0) is 13.0 Å². The summed E-state index contributed by atoms with van der Waals surface area (Å²) in [5, 5.41) is 4.34. The highest BCUT2D eigenvalue weighted by molar-refractivity contribution is 6.30. The molecular formula is C22H29ClN2. The third kappa shape index (κ3) is 6.47. The number of hydrogen-bond acceptors (Lipinski definition) is 2. The molecule has 0 unspecified atom stereocenters. The zero-order valence-electron chi connectivity index (χ0n) is 15.0. The van der Waals surface area contributed by atoms with Gasteiger partial charge >= 0.3 is 0 Å². The molecule has 0 spiro atoms. The number of hydrogen-bond donors (Lipinski definition) is 1. The zero-order valence-corrected chi connectivity index (χ0v) is 15.7. The molecule has 1 aliphatic rings. The van der Waals surface area contributed by atoms with E-state index in [9.17, 15) is 0 Å². The highest BCUT2D eigenvalue weighted by atomic mass is 35.5. The summed E-state index contributed by atoms with van der Waals surface area (Å²) in [5.41, 5.74) is 2.75. The van der Waals surface area contributed by atoms with Crippen molar-refractivity contribution < 1.29 is 0 Å². The largest absolute Gasteiger partial charge is 0.313 e. The number of nitrogens with zero attached hydrogens (tertiary/aromatic N) is 1. The molecule has 1 heterocycles.